The molecule has 0 aliphatic carbocycles. The standard InChI is InChI=1S/C5H10O3.C2H4O2/c1-5(7)8-4-2-3-6;1-2(3)4/h6H,2-4H2,1H3;1H3,(H,3,4). The Morgan fingerprint density at radius 3 is 2.00 bits per heavy atom. The average molecular weight is 178 g/mol. The van der Waals surface area contributed by atoms with Crippen LogP contribution < -0.4 is 0 Å². The van der Waals surface area contributed by atoms with Gasteiger partial charge in [0.2, 0.25) is 0 Å². The van der Waals surface area contributed by atoms with Crippen molar-refractivity contribution in [2.24, 2.45) is 0 Å². The minimum atomic E-state index is -0.833. The number of carbonyl (C=O) groups excluding carboxylic acids is 1. The first-order valence-electron chi connectivity index (χ1n) is 3.44. The Kier molecular flexibility index (Phi) is 11.1. The second-order valence-corrected chi connectivity index (χ2v) is 1.94. The van der Waals surface area contributed by atoms with Crippen molar-refractivity contribution in [3.8, 4) is 0 Å². The van der Waals surface area contributed by atoms with Gasteiger partial charge in [0.05, 0.1) is 6.61 Å². The number of rotatable bonds is 3. The van der Waals surface area contributed by atoms with Crippen molar-refractivity contribution in [1.29, 1.82) is 0 Å². The molecule has 0 unspecified atom stereocenters. The number of aliphatic hydroxyl groups excluding tert-OH is 1. The number of aliphatic hydroxyl groups is 1. The van der Waals surface area contributed by atoms with Gasteiger partial charge in [0.15, 0.2) is 0 Å². The molecule has 0 rings (SSSR count). The summed E-state index contributed by atoms with van der Waals surface area (Å²) in [5, 5.41) is 15.6. The Morgan fingerprint density at radius 2 is 1.75 bits per heavy atom. The molecule has 72 valence electrons. The quantitative estimate of drug-likeness (QED) is 0.470. The molecule has 0 radical (unpaired) electrons. The molecule has 0 atom stereocenters. The second kappa shape index (κ2) is 9.90. The van der Waals surface area contributed by atoms with Crippen LogP contribution in [0, 0.1) is 0 Å². The van der Waals surface area contributed by atoms with Crippen molar-refractivity contribution < 1.29 is 24.5 Å². The van der Waals surface area contributed by atoms with Crippen molar-refractivity contribution in [2.45, 2.75) is 20.3 Å². The molecule has 0 aromatic rings. The molecule has 0 aliphatic rings. The second-order valence-electron chi connectivity index (χ2n) is 1.94. The number of ether oxygens (including phenoxy) is 1. The van der Waals surface area contributed by atoms with Crippen LogP contribution in [0.4, 0.5) is 0 Å². The van der Waals surface area contributed by atoms with E-state index in [1.54, 1.807) is 0 Å². The maximum absolute atomic E-state index is 10.0. The molecule has 5 heteroatoms. The molecule has 12 heavy (non-hydrogen) atoms. The van der Waals surface area contributed by atoms with Gasteiger partial charge in [0.25, 0.3) is 5.97 Å². The van der Waals surface area contributed by atoms with E-state index in [0.29, 0.717) is 13.0 Å². The summed E-state index contributed by atoms with van der Waals surface area (Å²) in [6.07, 6.45) is 0.527. The van der Waals surface area contributed by atoms with Crippen LogP contribution >= 0.6 is 0 Å². The first kappa shape index (κ1) is 13.5. The van der Waals surface area contributed by atoms with E-state index in [-0.39, 0.29) is 12.6 Å². The summed E-state index contributed by atoms with van der Waals surface area (Å²) in [7, 11) is 0. The van der Waals surface area contributed by atoms with Crippen LogP contribution in [0.15, 0.2) is 0 Å². The van der Waals surface area contributed by atoms with E-state index >= 15 is 0 Å². The predicted molar refractivity (Wildman–Crippen MR) is 41.6 cm³/mol. The normalized spacial score (nSPS) is 7.92. The molecule has 0 aliphatic heterocycles. The molecular weight excluding hydrogens is 164 g/mol. The Morgan fingerprint density at radius 1 is 1.33 bits per heavy atom. The van der Waals surface area contributed by atoms with Gasteiger partial charge in [-0.1, -0.05) is 0 Å². The van der Waals surface area contributed by atoms with Gasteiger partial charge < -0.3 is 14.9 Å². The van der Waals surface area contributed by atoms with E-state index in [1.165, 1.54) is 6.92 Å². The zero-order valence-corrected chi connectivity index (χ0v) is 7.24. The molecule has 0 bridgehead atoms. The zero-order valence-electron chi connectivity index (χ0n) is 7.24. The van der Waals surface area contributed by atoms with Crippen LogP contribution in [-0.4, -0.2) is 35.4 Å². The van der Waals surface area contributed by atoms with E-state index in [1.807, 2.05) is 0 Å². The van der Waals surface area contributed by atoms with Crippen LogP contribution in [-0.2, 0) is 14.3 Å². The van der Waals surface area contributed by atoms with Crippen LogP contribution in [0.3, 0.4) is 0 Å². The molecule has 0 amide bonds. The van der Waals surface area contributed by atoms with Crippen LogP contribution in [0.25, 0.3) is 0 Å². The highest BCUT2D eigenvalue weighted by Gasteiger charge is 1.88. The van der Waals surface area contributed by atoms with Gasteiger partial charge in [-0.3, -0.25) is 9.59 Å². The fourth-order valence-electron chi connectivity index (χ4n) is 0.280. The average Bonchev–Trinajstić information content (AvgIpc) is 1.86. The lowest BCUT2D eigenvalue weighted by atomic mass is 10.5. The minimum Gasteiger partial charge on any atom is -0.481 e. The first-order chi connectivity index (χ1) is 5.50. The summed E-state index contributed by atoms with van der Waals surface area (Å²) in [4.78, 5) is 19.0. The Balaban J connectivity index is 0. The lowest BCUT2D eigenvalue weighted by Crippen LogP contribution is -2.01. The molecule has 5 nitrogen and oxygen atoms in total. The first-order valence-corrected chi connectivity index (χ1v) is 3.44. The minimum absolute atomic E-state index is 0.0767. The highest BCUT2D eigenvalue weighted by molar-refractivity contribution is 5.65. The summed E-state index contributed by atoms with van der Waals surface area (Å²) < 4.78 is 4.48. The lowest BCUT2D eigenvalue weighted by molar-refractivity contribution is -0.141. The Hall–Kier alpha value is -1.10. The number of carboxylic acids is 1. The van der Waals surface area contributed by atoms with Crippen molar-refractivity contribution in [1.82, 2.24) is 0 Å². The monoisotopic (exact) mass is 178 g/mol. The van der Waals surface area contributed by atoms with Crippen molar-refractivity contribution in [3.63, 3.8) is 0 Å². The van der Waals surface area contributed by atoms with Crippen molar-refractivity contribution in [2.75, 3.05) is 13.2 Å². The highest BCUT2D eigenvalue weighted by Crippen LogP contribution is 1.79. The van der Waals surface area contributed by atoms with Crippen molar-refractivity contribution >= 4 is 11.9 Å². The largest absolute Gasteiger partial charge is 0.481 e. The lowest BCUT2D eigenvalue weighted by Gasteiger charge is -1.96. The number of esters is 1. The topological polar surface area (TPSA) is 83.8 Å². The fourth-order valence-corrected chi connectivity index (χ4v) is 0.280. The molecule has 0 aromatic heterocycles. The van der Waals surface area contributed by atoms with E-state index in [0.717, 1.165) is 6.92 Å². The van der Waals surface area contributed by atoms with Crippen LogP contribution in [0.2, 0.25) is 0 Å². The molecule has 0 saturated carbocycles. The van der Waals surface area contributed by atoms with E-state index in [2.05, 4.69) is 4.74 Å². The third-order valence-electron chi connectivity index (χ3n) is 0.608. The van der Waals surface area contributed by atoms with Gasteiger partial charge in [-0.05, 0) is 0 Å². The summed E-state index contributed by atoms with van der Waals surface area (Å²) in [5.74, 6) is -1.13. The molecule has 0 heterocycles. The summed E-state index contributed by atoms with van der Waals surface area (Å²) >= 11 is 0. The van der Waals surface area contributed by atoms with E-state index < -0.39 is 5.97 Å². The van der Waals surface area contributed by atoms with E-state index in [4.69, 9.17) is 15.0 Å². The van der Waals surface area contributed by atoms with E-state index in [9.17, 15) is 4.79 Å². The smallest absolute Gasteiger partial charge is 0.302 e. The predicted octanol–water partition coefficient (Wildman–Crippen LogP) is 0.0228. The van der Waals surface area contributed by atoms with Gasteiger partial charge in [0, 0.05) is 26.9 Å². The molecule has 2 N–H and O–H groups in total. The fraction of sp³-hybridized carbons (Fsp3) is 0.714. The van der Waals surface area contributed by atoms with Crippen LogP contribution in [0.5, 0.6) is 0 Å². The maximum Gasteiger partial charge on any atom is 0.302 e. The van der Waals surface area contributed by atoms with Crippen LogP contribution in [0.1, 0.15) is 20.3 Å². The van der Waals surface area contributed by atoms with Crippen molar-refractivity contribution in [3.05, 3.63) is 0 Å². The molecule has 0 saturated heterocycles. The Labute approximate surface area is 71.0 Å². The highest BCUT2D eigenvalue weighted by atomic mass is 16.5. The van der Waals surface area contributed by atoms with Gasteiger partial charge >= 0.3 is 5.97 Å². The zero-order chi connectivity index (χ0) is 9.98. The number of hydrogen-bond acceptors (Lipinski definition) is 4. The molecule has 0 aromatic carbocycles. The molecule has 0 fully saturated rings. The van der Waals surface area contributed by atoms with Gasteiger partial charge in [-0.2, -0.15) is 0 Å². The molecule has 0 spiro atoms. The Bertz CT molecular complexity index is 128. The third kappa shape index (κ3) is 36.5. The maximum atomic E-state index is 10.0. The summed E-state index contributed by atoms with van der Waals surface area (Å²) in [5.41, 5.74) is 0. The van der Waals surface area contributed by atoms with Gasteiger partial charge in [-0.25, -0.2) is 0 Å². The SMILES string of the molecule is CC(=O)O.CC(=O)OCCCO. The van der Waals surface area contributed by atoms with Gasteiger partial charge in [-0.15, -0.1) is 0 Å². The number of hydrogen-bond donors (Lipinski definition) is 2. The summed E-state index contributed by atoms with van der Waals surface area (Å²) in [6, 6.07) is 0. The third-order valence-corrected chi connectivity index (χ3v) is 0.608. The van der Waals surface area contributed by atoms with Gasteiger partial charge in [0.1, 0.15) is 0 Å². The number of aliphatic carboxylic acids is 1. The number of carboxylic acid groups (broad SMARTS) is 1. The summed E-state index contributed by atoms with van der Waals surface area (Å²) in [6.45, 7) is 2.83. The number of carbonyl (C=O) groups is 2. The molecular formula is C7H14O5.